The summed E-state index contributed by atoms with van der Waals surface area (Å²) < 4.78 is 0. The largest absolute Gasteiger partial charge is 0.399 e. The molecule has 0 spiro atoms. The van der Waals surface area contributed by atoms with Crippen LogP contribution in [-0.4, -0.2) is 4.98 Å². The Morgan fingerprint density at radius 2 is 0.620 bits per heavy atom. The molecule has 1 heterocycles. The average Bonchev–Trinajstić information content (AvgIpc) is 3.20. The molecule has 0 saturated heterocycles. The third-order valence-corrected chi connectivity index (χ3v) is 9.59. The van der Waals surface area contributed by atoms with Crippen LogP contribution in [0.3, 0.4) is 0 Å². The molecule has 8 aromatic rings. The third-order valence-electron chi connectivity index (χ3n) is 9.59. The topological polar surface area (TPSA) is 38.9 Å². The fourth-order valence-electron chi connectivity index (χ4n) is 7.09. The summed E-state index contributed by atoms with van der Waals surface area (Å²) in [5.41, 5.74) is 19.6. The number of pyridine rings is 1. The normalized spacial score (nSPS) is 11.3. The van der Waals surface area contributed by atoms with Crippen molar-refractivity contribution < 1.29 is 0 Å². The molecule has 2 heteroatoms. The lowest BCUT2D eigenvalue weighted by Gasteiger charge is -2.37. The van der Waals surface area contributed by atoms with Crippen molar-refractivity contribution in [3.63, 3.8) is 0 Å². The summed E-state index contributed by atoms with van der Waals surface area (Å²) >= 11 is 0. The number of aromatic nitrogens is 1. The summed E-state index contributed by atoms with van der Waals surface area (Å²) in [5.74, 6) is 0. The highest BCUT2D eigenvalue weighted by atomic mass is 14.7. The molecule has 238 valence electrons. The molecular formula is C48H36N2. The maximum Gasteiger partial charge on any atom is 0.0715 e. The number of anilines is 1. The first-order valence-corrected chi connectivity index (χ1v) is 17.0. The van der Waals surface area contributed by atoms with E-state index in [1.807, 2.05) is 18.2 Å². The van der Waals surface area contributed by atoms with Crippen molar-refractivity contribution in [2.24, 2.45) is 0 Å². The summed E-state index contributed by atoms with van der Waals surface area (Å²) in [6.07, 6.45) is 0. The monoisotopic (exact) mass is 640 g/mol. The molecule has 0 aliphatic heterocycles. The summed E-state index contributed by atoms with van der Waals surface area (Å²) in [7, 11) is 0. The van der Waals surface area contributed by atoms with Crippen molar-refractivity contribution in [2.75, 3.05) is 5.73 Å². The van der Waals surface area contributed by atoms with E-state index in [4.69, 9.17) is 10.7 Å². The number of hydrogen-bond donors (Lipinski definition) is 1. The van der Waals surface area contributed by atoms with E-state index < -0.39 is 5.41 Å². The van der Waals surface area contributed by atoms with E-state index in [2.05, 4.69) is 188 Å². The Hall–Kier alpha value is -6.51. The second kappa shape index (κ2) is 13.5. The van der Waals surface area contributed by atoms with Crippen molar-refractivity contribution in [1.29, 1.82) is 0 Å². The average molecular weight is 641 g/mol. The van der Waals surface area contributed by atoms with E-state index in [1.54, 1.807) is 0 Å². The summed E-state index contributed by atoms with van der Waals surface area (Å²) in [5, 5.41) is 0. The lowest BCUT2D eigenvalue weighted by atomic mass is 9.65. The van der Waals surface area contributed by atoms with Crippen LogP contribution in [0.25, 0.3) is 44.8 Å². The third kappa shape index (κ3) is 5.89. The summed E-state index contributed by atoms with van der Waals surface area (Å²) in [6.45, 7) is 0. The van der Waals surface area contributed by atoms with E-state index in [9.17, 15) is 0 Å². The van der Waals surface area contributed by atoms with Gasteiger partial charge in [-0.15, -0.1) is 0 Å². The number of nitrogens with zero attached hydrogens (tertiary/aromatic N) is 1. The lowest BCUT2D eigenvalue weighted by molar-refractivity contribution is 0.745. The highest BCUT2D eigenvalue weighted by Crippen LogP contribution is 2.45. The molecule has 50 heavy (non-hydrogen) atoms. The Morgan fingerprint density at radius 1 is 0.300 bits per heavy atom. The molecule has 1 aromatic heterocycles. The second-order valence-corrected chi connectivity index (χ2v) is 12.6. The standard InChI is InChI=1S/C48H36N2/c49-45-31-27-36(28-32-45)35-21-23-39(24-22-35)47-34-40(33-46(50-47)38-13-5-1-6-14-38)37-25-29-44(30-26-37)48(41-15-7-2-8-16-41,42-17-9-3-10-18-42)43-19-11-4-12-20-43/h1-34H,49H2. The molecule has 0 amide bonds. The highest BCUT2D eigenvalue weighted by molar-refractivity contribution is 5.78. The van der Waals surface area contributed by atoms with Gasteiger partial charge in [0.1, 0.15) is 0 Å². The maximum absolute atomic E-state index is 5.93. The lowest BCUT2D eigenvalue weighted by Crippen LogP contribution is -2.30. The zero-order chi connectivity index (χ0) is 33.8. The minimum Gasteiger partial charge on any atom is -0.399 e. The molecule has 0 aliphatic rings. The van der Waals surface area contributed by atoms with Crippen molar-refractivity contribution in [3.8, 4) is 44.8 Å². The molecule has 8 rings (SSSR count). The maximum atomic E-state index is 5.93. The highest BCUT2D eigenvalue weighted by Gasteiger charge is 2.38. The first-order chi connectivity index (χ1) is 24.7. The minimum atomic E-state index is -0.493. The van der Waals surface area contributed by atoms with Crippen LogP contribution in [0.5, 0.6) is 0 Å². The second-order valence-electron chi connectivity index (χ2n) is 12.6. The molecule has 0 aliphatic carbocycles. The van der Waals surface area contributed by atoms with E-state index in [0.717, 1.165) is 50.5 Å². The van der Waals surface area contributed by atoms with Crippen molar-refractivity contribution in [3.05, 3.63) is 229 Å². The van der Waals surface area contributed by atoms with Crippen LogP contribution in [0, 0.1) is 0 Å². The van der Waals surface area contributed by atoms with Crippen LogP contribution >= 0.6 is 0 Å². The molecule has 2 N–H and O–H groups in total. The first kappa shape index (κ1) is 30.8. The summed E-state index contributed by atoms with van der Waals surface area (Å²) in [6, 6.07) is 73.1. The van der Waals surface area contributed by atoms with Crippen LogP contribution in [0.1, 0.15) is 22.3 Å². The fraction of sp³-hybridized carbons (Fsp3) is 0.0208. The number of rotatable bonds is 8. The Balaban J connectivity index is 1.25. The number of nitrogen functional groups attached to an aromatic ring is 1. The van der Waals surface area contributed by atoms with E-state index >= 15 is 0 Å². The van der Waals surface area contributed by atoms with Gasteiger partial charge in [-0.2, -0.15) is 0 Å². The van der Waals surface area contributed by atoms with Gasteiger partial charge in [-0.3, -0.25) is 0 Å². The Morgan fingerprint density at radius 3 is 1.08 bits per heavy atom. The van der Waals surface area contributed by atoms with Gasteiger partial charge in [0.25, 0.3) is 0 Å². The SMILES string of the molecule is Nc1ccc(-c2ccc(-c3cc(-c4ccc(C(c5ccccc5)(c5ccccc5)c5ccccc5)cc4)cc(-c4ccccc4)n3)cc2)cc1. The van der Waals surface area contributed by atoms with Gasteiger partial charge in [-0.25, -0.2) is 4.98 Å². The number of hydrogen-bond acceptors (Lipinski definition) is 2. The van der Waals surface area contributed by atoms with Gasteiger partial charge in [0.05, 0.1) is 16.8 Å². The predicted octanol–water partition coefficient (Wildman–Crippen LogP) is 11.7. The number of nitrogens with two attached hydrogens (primary N) is 1. The van der Waals surface area contributed by atoms with Crippen LogP contribution in [0.2, 0.25) is 0 Å². The van der Waals surface area contributed by atoms with Gasteiger partial charge in [0.15, 0.2) is 0 Å². The minimum absolute atomic E-state index is 0.493. The van der Waals surface area contributed by atoms with Crippen LogP contribution in [-0.2, 0) is 5.41 Å². The van der Waals surface area contributed by atoms with Gasteiger partial charge >= 0.3 is 0 Å². The molecule has 7 aromatic carbocycles. The van der Waals surface area contributed by atoms with Crippen molar-refractivity contribution in [2.45, 2.75) is 5.41 Å². The molecule has 0 fully saturated rings. The van der Waals surface area contributed by atoms with Crippen molar-refractivity contribution in [1.82, 2.24) is 4.98 Å². The molecule has 0 atom stereocenters. The summed E-state index contributed by atoms with van der Waals surface area (Å²) in [4.78, 5) is 5.17. The van der Waals surface area contributed by atoms with Crippen molar-refractivity contribution >= 4 is 5.69 Å². The van der Waals surface area contributed by atoms with Crippen LogP contribution < -0.4 is 5.73 Å². The molecule has 0 bridgehead atoms. The Bertz CT molecular complexity index is 2220. The van der Waals surface area contributed by atoms with E-state index in [-0.39, 0.29) is 0 Å². The van der Waals surface area contributed by atoms with Gasteiger partial charge in [0.2, 0.25) is 0 Å². The zero-order valence-corrected chi connectivity index (χ0v) is 27.7. The van der Waals surface area contributed by atoms with Gasteiger partial charge < -0.3 is 5.73 Å². The van der Waals surface area contributed by atoms with Crippen LogP contribution in [0.15, 0.2) is 206 Å². The van der Waals surface area contributed by atoms with Gasteiger partial charge in [-0.05, 0) is 68.8 Å². The molecule has 0 unspecified atom stereocenters. The smallest absolute Gasteiger partial charge is 0.0715 e. The first-order valence-electron chi connectivity index (χ1n) is 17.0. The van der Waals surface area contributed by atoms with E-state index in [0.29, 0.717) is 0 Å². The quantitative estimate of drug-likeness (QED) is 0.133. The van der Waals surface area contributed by atoms with Crippen LogP contribution in [0.4, 0.5) is 5.69 Å². The molecular weight excluding hydrogens is 605 g/mol. The van der Waals surface area contributed by atoms with Gasteiger partial charge in [0, 0.05) is 16.8 Å². The molecule has 0 radical (unpaired) electrons. The molecule has 0 saturated carbocycles. The Labute approximate surface area is 294 Å². The zero-order valence-electron chi connectivity index (χ0n) is 27.7. The fourth-order valence-corrected chi connectivity index (χ4v) is 7.09. The predicted molar refractivity (Wildman–Crippen MR) is 209 cm³/mol. The van der Waals surface area contributed by atoms with E-state index in [1.165, 1.54) is 22.3 Å². The Kier molecular flexibility index (Phi) is 8.34. The number of benzene rings is 7. The van der Waals surface area contributed by atoms with Gasteiger partial charge in [-0.1, -0.05) is 182 Å². The molecule has 2 nitrogen and oxygen atoms in total.